The van der Waals surface area contributed by atoms with Crippen molar-refractivity contribution in [1.29, 1.82) is 0 Å². The molecule has 3 N–H and O–H groups in total. The Morgan fingerprint density at radius 2 is 2.00 bits per heavy atom. The van der Waals surface area contributed by atoms with E-state index in [2.05, 4.69) is 30.2 Å². The molecular weight excluding hydrogens is 509 g/mol. The molecule has 37 heavy (non-hydrogen) atoms. The van der Waals surface area contributed by atoms with Crippen LogP contribution in [-0.4, -0.2) is 41.4 Å². The average molecular weight is 529 g/mol. The molecule has 1 unspecified atom stereocenters. The maximum absolute atomic E-state index is 13.5. The van der Waals surface area contributed by atoms with Crippen LogP contribution in [0.2, 0.25) is 5.02 Å². The largest absolute Gasteiger partial charge is 0.389 e. The van der Waals surface area contributed by atoms with Gasteiger partial charge in [0.25, 0.3) is 0 Å². The summed E-state index contributed by atoms with van der Waals surface area (Å²) in [6.07, 6.45) is 2.70. The van der Waals surface area contributed by atoms with Gasteiger partial charge in [-0.25, -0.2) is 19.9 Å². The third-order valence-corrected chi connectivity index (χ3v) is 7.01. The zero-order valence-corrected chi connectivity index (χ0v) is 20.0. The number of rotatable bonds is 6. The molecule has 5 heterocycles. The highest BCUT2D eigenvalue weighted by atomic mass is 35.5. The quantitative estimate of drug-likeness (QED) is 0.381. The molecule has 2 aliphatic rings. The second-order valence-corrected chi connectivity index (χ2v) is 9.69. The number of hydrogen-bond acceptors (Lipinski definition) is 7. The van der Waals surface area contributed by atoms with E-state index >= 15 is 0 Å². The topological polar surface area (TPSA) is 124 Å². The van der Waals surface area contributed by atoms with E-state index in [1.165, 1.54) is 12.4 Å². The predicted molar refractivity (Wildman–Crippen MR) is 129 cm³/mol. The van der Waals surface area contributed by atoms with Crippen molar-refractivity contribution >= 4 is 34.8 Å². The second kappa shape index (κ2) is 8.37. The minimum Gasteiger partial charge on any atom is -0.383 e. The molecule has 0 bridgehead atoms. The molecule has 1 saturated carbocycles. The average Bonchev–Trinajstić information content (AvgIpc) is 3.49. The molecule has 0 radical (unpaired) electrons. The number of aromatic nitrogens is 6. The summed E-state index contributed by atoms with van der Waals surface area (Å²) in [5, 5.41) is 3.30. The fourth-order valence-electron chi connectivity index (χ4n) is 5.09. The Balaban J connectivity index is 1.43. The smallest absolute Gasteiger partial charge is 0.383 e. The Morgan fingerprint density at radius 1 is 1.19 bits per heavy atom. The monoisotopic (exact) mass is 528 g/mol. The van der Waals surface area contributed by atoms with Gasteiger partial charge in [-0.1, -0.05) is 11.6 Å². The van der Waals surface area contributed by atoms with Gasteiger partial charge in [0.2, 0.25) is 5.91 Å². The van der Waals surface area contributed by atoms with E-state index in [0.29, 0.717) is 33.3 Å². The number of fused-ring (bicyclic) bond motifs is 2. The van der Waals surface area contributed by atoms with E-state index in [4.69, 9.17) is 17.3 Å². The summed E-state index contributed by atoms with van der Waals surface area (Å²) < 4.78 is 39.8. The number of carbonyl (C=O) groups excluding carboxylic acids is 1. The lowest BCUT2D eigenvalue weighted by Gasteiger charge is -2.27. The molecule has 0 aromatic carbocycles. The van der Waals surface area contributed by atoms with Gasteiger partial charge in [-0.3, -0.25) is 9.78 Å². The van der Waals surface area contributed by atoms with Crippen LogP contribution in [0.1, 0.15) is 42.6 Å². The van der Waals surface area contributed by atoms with Gasteiger partial charge in [0.15, 0.2) is 11.5 Å². The zero-order chi connectivity index (χ0) is 25.9. The maximum atomic E-state index is 13.5. The van der Waals surface area contributed by atoms with Gasteiger partial charge in [0.1, 0.15) is 22.7 Å². The standard InChI is InChI=1S/C24H20ClF3N8O/c25-13-5-6-16(31-10-13)24(12-3-4-12)17-18(29)33-19(34-20(17)35-22(24)37)15-11-36-9-8-30-21(36)14(32-15)2-1-7-23(26,27)28/h5-6,8-12H,1-4,7H2,(H3,29,33,34,35,37). The summed E-state index contributed by atoms with van der Waals surface area (Å²) in [4.78, 5) is 35.8. The summed E-state index contributed by atoms with van der Waals surface area (Å²) in [5.41, 5.74) is 7.46. The molecule has 1 aliphatic heterocycles. The molecule has 1 atom stereocenters. The summed E-state index contributed by atoms with van der Waals surface area (Å²) in [5.74, 6) is 0.207. The lowest BCUT2D eigenvalue weighted by molar-refractivity contribution is -0.135. The first kappa shape index (κ1) is 23.6. The van der Waals surface area contributed by atoms with E-state index in [0.717, 1.165) is 12.8 Å². The van der Waals surface area contributed by atoms with Crippen LogP contribution < -0.4 is 11.1 Å². The minimum atomic E-state index is -4.26. The highest BCUT2D eigenvalue weighted by Crippen LogP contribution is 2.57. The molecule has 6 rings (SSSR count). The number of pyridine rings is 1. The molecule has 0 spiro atoms. The number of aryl methyl sites for hydroxylation is 1. The molecule has 4 aromatic heterocycles. The Morgan fingerprint density at radius 3 is 2.70 bits per heavy atom. The number of alkyl halides is 3. The van der Waals surface area contributed by atoms with E-state index in [9.17, 15) is 18.0 Å². The maximum Gasteiger partial charge on any atom is 0.389 e. The number of hydrogen-bond donors (Lipinski definition) is 2. The number of nitrogens with two attached hydrogens (primary N) is 1. The first-order chi connectivity index (χ1) is 17.7. The lowest BCUT2D eigenvalue weighted by Crippen LogP contribution is -2.39. The molecule has 1 amide bonds. The number of nitrogen functional groups attached to an aromatic ring is 1. The van der Waals surface area contributed by atoms with Gasteiger partial charge in [0.05, 0.1) is 22.0 Å². The van der Waals surface area contributed by atoms with Crippen molar-refractivity contribution in [2.75, 3.05) is 11.1 Å². The van der Waals surface area contributed by atoms with Crippen molar-refractivity contribution in [3.05, 3.63) is 58.9 Å². The van der Waals surface area contributed by atoms with Crippen molar-refractivity contribution in [1.82, 2.24) is 29.3 Å². The third kappa shape index (κ3) is 3.95. The van der Waals surface area contributed by atoms with Gasteiger partial charge in [-0.15, -0.1) is 0 Å². The molecule has 13 heteroatoms. The molecule has 9 nitrogen and oxygen atoms in total. The highest BCUT2D eigenvalue weighted by Gasteiger charge is 2.60. The van der Waals surface area contributed by atoms with E-state index < -0.39 is 18.0 Å². The normalized spacial score (nSPS) is 19.3. The van der Waals surface area contributed by atoms with Crippen molar-refractivity contribution in [3.63, 3.8) is 0 Å². The van der Waals surface area contributed by atoms with Gasteiger partial charge in [0, 0.05) is 31.2 Å². The molecule has 1 fully saturated rings. The van der Waals surface area contributed by atoms with E-state index in [1.807, 2.05) is 0 Å². The molecule has 0 saturated heterocycles. The van der Waals surface area contributed by atoms with Crippen LogP contribution in [0.4, 0.5) is 24.8 Å². The Hall–Kier alpha value is -3.80. The number of nitrogens with one attached hydrogen (secondary N) is 1. The number of imidazole rings is 1. The Kier molecular flexibility index (Phi) is 5.34. The van der Waals surface area contributed by atoms with Gasteiger partial charge < -0.3 is 15.5 Å². The summed E-state index contributed by atoms with van der Waals surface area (Å²) in [6, 6.07) is 3.39. The molecule has 1 aliphatic carbocycles. The third-order valence-electron chi connectivity index (χ3n) is 6.79. The number of carbonyl (C=O) groups is 1. The molecule has 190 valence electrons. The van der Waals surface area contributed by atoms with Crippen LogP contribution in [0.15, 0.2) is 36.9 Å². The number of halogens is 4. The number of nitrogens with zero attached hydrogens (tertiary/aromatic N) is 6. The van der Waals surface area contributed by atoms with Crippen LogP contribution >= 0.6 is 11.6 Å². The Bertz CT molecular complexity index is 1530. The van der Waals surface area contributed by atoms with Gasteiger partial charge in [-0.2, -0.15) is 13.2 Å². The van der Waals surface area contributed by atoms with Crippen molar-refractivity contribution in [3.8, 4) is 11.5 Å². The van der Waals surface area contributed by atoms with Gasteiger partial charge in [-0.05, 0) is 43.7 Å². The van der Waals surface area contributed by atoms with Crippen LogP contribution in [0.3, 0.4) is 0 Å². The minimum absolute atomic E-state index is 0.0140. The molecule has 4 aromatic rings. The number of amides is 1. The van der Waals surface area contributed by atoms with Crippen LogP contribution in [0.5, 0.6) is 0 Å². The second-order valence-electron chi connectivity index (χ2n) is 9.25. The van der Waals surface area contributed by atoms with Crippen LogP contribution in [-0.2, 0) is 16.6 Å². The van der Waals surface area contributed by atoms with Crippen molar-refractivity contribution < 1.29 is 18.0 Å². The van der Waals surface area contributed by atoms with E-state index in [1.54, 1.807) is 28.9 Å². The first-order valence-corrected chi connectivity index (χ1v) is 12.1. The van der Waals surface area contributed by atoms with Crippen LogP contribution in [0.25, 0.3) is 17.2 Å². The van der Waals surface area contributed by atoms with Crippen molar-refractivity contribution in [2.24, 2.45) is 5.92 Å². The Labute approximate surface area is 213 Å². The summed E-state index contributed by atoms with van der Waals surface area (Å²) in [7, 11) is 0. The summed E-state index contributed by atoms with van der Waals surface area (Å²) >= 11 is 6.03. The highest BCUT2D eigenvalue weighted by molar-refractivity contribution is 6.30. The lowest BCUT2D eigenvalue weighted by atomic mass is 9.74. The first-order valence-electron chi connectivity index (χ1n) is 11.7. The zero-order valence-electron chi connectivity index (χ0n) is 19.3. The van der Waals surface area contributed by atoms with Crippen LogP contribution in [0, 0.1) is 5.92 Å². The SMILES string of the molecule is Nc1nc(-c2cn3ccnc3c(CCCC(F)(F)F)n2)nc2c1C(c1ccc(Cl)cn1)(C1CC1)C(=O)N2. The molecular formula is C24H20ClF3N8O. The van der Waals surface area contributed by atoms with E-state index in [-0.39, 0.29) is 42.1 Å². The predicted octanol–water partition coefficient (Wildman–Crippen LogP) is 4.35. The van der Waals surface area contributed by atoms with Crippen molar-refractivity contribution in [2.45, 2.75) is 43.7 Å². The van der Waals surface area contributed by atoms with Gasteiger partial charge >= 0.3 is 6.18 Å². The fraction of sp³-hybridized carbons (Fsp3) is 0.333. The fourth-order valence-corrected chi connectivity index (χ4v) is 5.20. The number of anilines is 2. The summed E-state index contributed by atoms with van der Waals surface area (Å²) in [6.45, 7) is 0.